The summed E-state index contributed by atoms with van der Waals surface area (Å²) >= 11 is 0. The van der Waals surface area contributed by atoms with Crippen LogP contribution in [0.1, 0.15) is 25.3 Å². The normalized spacial score (nSPS) is 10.6. The van der Waals surface area contributed by atoms with Crippen LogP contribution in [-0.4, -0.2) is 78.6 Å². The van der Waals surface area contributed by atoms with E-state index in [4.69, 9.17) is 9.47 Å². The van der Waals surface area contributed by atoms with Gasteiger partial charge in [0.1, 0.15) is 6.61 Å². The average molecular weight is 428 g/mol. The van der Waals surface area contributed by atoms with Gasteiger partial charge in [0, 0.05) is 50.7 Å². The molecule has 0 saturated heterocycles. The van der Waals surface area contributed by atoms with Crippen molar-refractivity contribution in [3.05, 3.63) is 11.6 Å². The lowest BCUT2D eigenvalue weighted by atomic mass is 10.3. The molecule has 11 nitrogen and oxygen atoms in total. The lowest BCUT2D eigenvalue weighted by Gasteiger charge is -2.09. The van der Waals surface area contributed by atoms with Gasteiger partial charge < -0.3 is 35.6 Å². The van der Waals surface area contributed by atoms with Crippen LogP contribution in [0.15, 0.2) is 6.07 Å². The predicted molar refractivity (Wildman–Crippen MR) is 108 cm³/mol. The second kappa shape index (κ2) is 14.2. The van der Waals surface area contributed by atoms with Crippen molar-refractivity contribution < 1.29 is 34.1 Å². The third kappa shape index (κ3) is 10.1. The number of ether oxygens (including phenoxy) is 2. The van der Waals surface area contributed by atoms with Gasteiger partial charge in [-0.3, -0.25) is 19.0 Å². The molecule has 1 heterocycles. The minimum absolute atomic E-state index is 0.0303. The molecule has 0 fully saturated rings. The fourth-order valence-corrected chi connectivity index (χ4v) is 2.41. The van der Waals surface area contributed by atoms with Gasteiger partial charge in [-0.05, 0) is 6.92 Å². The fraction of sp³-hybridized carbons (Fsp3) is 0.632. The molecule has 0 radical (unpaired) electrons. The summed E-state index contributed by atoms with van der Waals surface area (Å²) in [6.07, 6.45) is 0.513. The van der Waals surface area contributed by atoms with Crippen LogP contribution in [0.5, 0.6) is 11.8 Å². The van der Waals surface area contributed by atoms with Crippen molar-refractivity contribution in [3.8, 4) is 11.8 Å². The van der Waals surface area contributed by atoms with E-state index in [1.54, 1.807) is 13.8 Å². The number of aryl methyl sites for hydroxylation is 1. The first-order valence-electron chi connectivity index (χ1n) is 9.88. The Kier molecular flexibility index (Phi) is 12.0. The summed E-state index contributed by atoms with van der Waals surface area (Å²) in [5, 5.41) is 27.4. The average Bonchev–Trinajstić information content (AvgIpc) is 2.96. The first-order valence-corrected chi connectivity index (χ1v) is 9.88. The highest BCUT2D eigenvalue weighted by molar-refractivity contribution is 5.78. The van der Waals surface area contributed by atoms with Crippen LogP contribution in [0.4, 0.5) is 0 Å². The molecule has 0 aliphatic carbocycles. The fourth-order valence-electron chi connectivity index (χ4n) is 2.41. The van der Waals surface area contributed by atoms with Crippen molar-refractivity contribution >= 4 is 17.7 Å². The molecule has 0 saturated carbocycles. The summed E-state index contributed by atoms with van der Waals surface area (Å²) in [6, 6.07) is 1.42. The zero-order valence-corrected chi connectivity index (χ0v) is 17.5. The van der Waals surface area contributed by atoms with Crippen molar-refractivity contribution in [1.82, 2.24) is 20.5 Å². The second-order valence-electron chi connectivity index (χ2n) is 6.48. The molecule has 0 atom stereocenters. The molecule has 170 valence electrons. The molecule has 0 aromatic carbocycles. The van der Waals surface area contributed by atoms with Gasteiger partial charge in [-0.2, -0.15) is 0 Å². The molecule has 3 amide bonds. The number of hydrogen-bond acceptors (Lipinski definition) is 7. The highest BCUT2D eigenvalue weighted by atomic mass is 16.5. The Morgan fingerprint density at radius 2 is 1.57 bits per heavy atom. The van der Waals surface area contributed by atoms with Crippen molar-refractivity contribution in [2.75, 3.05) is 46.1 Å². The number of nitrogens with zero attached hydrogens (tertiary/aromatic N) is 1. The number of hydrogen-bond donors (Lipinski definition) is 5. The summed E-state index contributed by atoms with van der Waals surface area (Å²) in [7, 11) is 0. The van der Waals surface area contributed by atoms with Gasteiger partial charge in [0.15, 0.2) is 11.8 Å². The van der Waals surface area contributed by atoms with E-state index in [2.05, 4.69) is 16.0 Å². The molecule has 0 aliphatic heterocycles. The van der Waals surface area contributed by atoms with Crippen LogP contribution in [0.2, 0.25) is 0 Å². The molecule has 0 bridgehead atoms. The van der Waals surface area contributed by atoms with E-state index in [0.29, 0.717) is 31.7 Å². The largest absolute Gasteiger partial charge is 0.494 e. The highest BCUT2D eigenvalue weighted by Gasteiger charge is 2.11. The molecule has 0 spiro atoms. The molecule has 11 heteroatoms. The van der Waals surface area contributed by atoms with Crippen LogP contribution in [0.3, 0.4) is 0 Å². The summed E-state index contributed by atoms with van der Waals surface area (Å²) < 4.78 is 11.7. The standard InChI is InChI=1S/C19H32N4O7/c1-3-15(24)22-7-9-29-10-11-30-13-17(26)21-6-5-20-16(25)4-8-23-18(27)12-14(2)19(23)28/h12,27-28H,3-11,13H2,1-2H3,(H,20,25)(H,21,26)(H,22,24). The SMILES string of the molecule is CCC(=O)NCCOCCOCC(=O)NCCNC(=O)CCn1c(O)cc(C)c1O. The summed E-state index contributed by atoms with van der Waals surface area (Å²) in [4.78, 5) is 34.4. The summed E-state index contributed by atoms with van der Waals surface area (Å²) in [6.45, 7) is 5.34. The Hall–Kier alpha value is -2.79. The van der Waals surface area contributed by atoms with Crippen molar-refractivity contribution in [2.24, 2.45) is 0 Å². The van der Waals surface area contributed by atoms with E-state index in [-0.39, 0.29) is 68.8 Å². The van der Waals surface area contributed by atoms with Crippen molar-refractivity contribution in [3.63, 3.8) is 0 Å². The quantitative estimate of drug-likeness (QED) is 0.234. The topological polar surface area (TPSA) is 151 Å². The van der Waals surface area contributed by atoms with Crippen molar-refractivity contribution in [1.29, 1.82) is 0 Å². The molecular formula is C19H32N4O7. The van der Waals surface area contributed by atoms with Gasteiger partial charge in [-0.25, -0.2) is 0 Å². The number of carbonyl (C=O) groups is 3. The number of amides is 3. The molecule has 1 rings (SSSR count). The zero-order chi connectivity index (χ0) is 22.4. The smallest absolute Gasteiger partial charge is 0.246 e. The summed E-state index contributed by atoms with van der Waals surface area (Å²) in [5.41, 5.74) is 0.532. The predicted octanol–water partition coefficient (Wildman–Crippen LogP) is -0.610. The third-order valence-electron chi connectivity index (χ3n) is 4.06. The van der Waals surface area contributed by atoms with Gasteiger partial charge in [0.05, 0.1) is 19.8 Å². The molecule has 1 aromatic rings. The van der Waals surface area contributed by atoms with E-state index in [9.17, 15) is 24.6 Å². The highest BCUT2D eigenvalue weighted by Crippen LogP contribution is 2.26. The van der Waals surface area contributed by atoms with Gasteiger partial charge in [-0.1, -0.05) is 6.92 Å². The molecule has 5 N–H and O–H groups in total. The van der Waals surface area contributed by atoms with Gasteiger partial charge in [-0.15, -0.1) is 0 Å². The first kappa shape index (κ1) is 25.2. The molecule has 0 aliphatic rings. The Morgan fingerprint density at radius 3 is 2.20 bits per heavy atom. The molecule has 0 unspecified atom stereocenters. The molecule has 30 heavy (non-hydrogen) atoms. The maximum absolute atomic E-state index is 11.8. The van der Waals surface area contributed by atoms with Crippen LogP contribution in [-0.2, 0) is 30.4 Å². The zero-order valence-electron chi connectivity index (χ0n) is 17.5. The van der Waals surface area contributed by atoms with Crippen LogP contribution in [0, 0.1) is 6.92 Å². The second-order valence-corrected chi connectivity index (χ2v) is 6.48. The van der Waals surface area contributed by atoms with E-state index >= 15 is 0 Å². The number of carbonyl (C=O) groups excluding carboxylic acids is 3. The Morgan fingerprint density at radius 1 is 0.933 bits per heavy atom. The lowest BCUT2D eigenvalue weighted by molar-refractivity contribution is -0.126. The lowest BCUT2D eigenvalue weighted by Crippen LogP contribution is -2.36. The van der Waals surface area contributed by atoms with Crippen LogP contribution in [0.25, 0.3) is 0 Å². The third-order valence-corrected chi connectivity index (χ3v) is 4.06. The Balaban J connectivity index is 1.98. The van der Waals surface area contributed by atoms with Crippen LogP contribution >= 0.6 is 0 Å². The first-order chi connectivity index (χ1) is 14.3. The Bertz CT molecular complexity index is 691. The van der Waals surface area contributed by atoms with Gasteiger partial charge in [0.2, 0.25) is 17.7 Å². The molecular weight excluding hydrogens is 396 g/mol. The van der Waals surface area contributed by atoms with Gasteiger partial charge in [0.25, 0.3) is 0 Å². The van der Waals surface area contributed by atoms with Gasteiger partial charge >= 0.3 is 0 Å². The van der Waals surface area contributed by atoms with E-state index in [0.717, 1.165) is 0 Å². The number of rotatable bonds is 15. The van der Waals surface area contributed by atoms with E-state index in [1.165, 1.54) is 10.6 Å². The molecule has 1 aromatic heterocycles. The minimum Gasteiger partial charge on any atom is -0.494 e. The monoisotopic (exact) mass is 428 g/mol. The number of aromatic hydroxyl groups is 2. The van der Waals surface area contributed by atoms with E-state index in [1.807, 2.05) is 0 Å². The maximum atomic E-state index is 11.8. The maximum Gasteiger partial charge on any atom is 0.246 e. The minimum atomic E-state index is -0.308. The number of aromatic nitrogens is 1. The number of nitrogens with one attached hydrogen (secondary N) is 3. The van der Waals surface area contributed by atoms with Crippen LogP contribution < -0.4 is 16.0 Å². The van der Waals surface area contributed by atoms with Crippen molar-refractivity contribution in [2.45, 2.75) is 33.2 Å². The van der Waals surface area contributed by atoms with E-state index < -0.39 is 0 Å². The Labute approximate surface area is 175 Å². The summed E-state index contributed by atoms with van der Waals surface area (Å²) in [5.74, 6) is -0.771.